The summed E-state index contributed by atoms with van der Waals surface area (Å²) in [4.78, 5) is 31.0. The zero-order valence-electron chi connectivity index (χ0n) is 22.3. The van der Waals surface area contributed by atoms with E-state index in [4.69, 9.17) is 23.2 Å². The lowest BCUT2D eigenvalue weighted by Crippen LogP contribution is -2.37. The molecule has 0 fully saturated rings. The highest BCUT2D eigenvalue weighted by atomic mass is 35.5. The van der Waals surface area contributed by atoms with Gasteiger partial charge in [0.25, 0.3) is 11.8 Å². The number of nitrogens with zero attached hydrogens (tertiary/aromatic N) is 3. The number of pyridine rings is 1. The van der Waals surface area contributed by atoms with E-state index < -0.39 is 29.4 Å². The van der Waals surface area contributed by atoms with E-state index in [0.29, 0.717) is 28.1 Å². The van der Waals surface area contributed by atoms with Crippen molar-refractivity contribution in [1.82, 2.24) is 20.1 Å². The van der Waals surface area contributed by atoms with E-state index in [2.05, 4.69) is 27.6 Å². The monoisotopic (exact) mass is 623 g/mol. The van der Waals surface area contributed by atoms with Crippen LogP contribution in [0.1, 0.15) is 53.7 Å². The number of amides is 2. The SMILES string of the molecule is CCCSC(C)(C)CNC(=O)c1cc2ccccc2c(Cl)c1NC(=O)c1cc(C(F)(F)F)nn1-c1ncccc1Cl. The van der Waals surface area contributed by atoms with Crippen molar-refractivity contribution in [2.45, 2.75) is 38.1 Å². The van der Waals surface area contributed by atoms with Gasteiger partial charge in [-0.1, -0.05) is 54.4 Å². The molecule has 2 amide bonds. The number of anilines is 1. The molecule has 0 radical (unpaired) electrons. The highest BCUT2D eigenvalue weighted by molar-refractivity contribution is 8.00. The predicted octanol–water partition coefficient (Wildman–Crippen LogP) is 7.65. The molecule has 2 aromatic carbocycles. The van der Waals surface area contributed by atoms with Crippen LogP contribution in [-0.4, -0.2) is 43.6 Å². The number of hydrogen-bond donors (Lipinski definition) is 2. The van der Waals surface area contributed by atoms with Crippen molar-refractivity contribution in [3.8, 4) is 5.82 Å². The summed E-state index contributed by atoms with van der Waals surface area (Å²) in [6, 6.07) is 12.0. The number of fused-ring (bicyclic) bond motifs is 1. The van der Waals surface area contributed by atoms with Gasteiger partial charge >= 0.3 is 6.18 Å². The van der Waals surface area contributed by atoms with Crippen molar-refractivity contribution in [3.63, 3.8) is 0 Å². The molecular formula is C28H26Cl2F3N5O2S. The number of hydrogen-bond acceptors (Lipinski definition) is 5. The summed E-state index contributed by atoms with van der Waals surface area (Å²) >= 11 is 14.6. The molecular weight excluding hydrogens is 598 g/mol. The third kappa shape index (κ3) is 6.97. The third-order valence-electron chi connectivity index (χ3n) is 6.01. The number of carbonyl (C=O) groups excluding carboxylic acids is 2. The van der Waals surface area contributed by atoms with Crippen LogP contribution < -0.4 is 10.6 Å². The number of thioether (sulfide) groups is 1. The number of aromatic nitrogens is 3. The Morgan fingerprint density at radius 3 is 2.46 bits per heavy atom. The molecule has 0 aliphatic carbocycles. The van der Waals surface area contributed by atoms with Gasteiger partial charge < -0.3 is 10.6 Å². The fourth-order valence-electron chi connectivity index (χ4n) is 3.98. The number of rotatable bonds is 9. The Morgan fingerprint density at radius 1 is 1.05 bits per heavy atom. The van der Waals surface area contributed by atoms with Crippen molar-refractivity contribution >= 4 is 63.2 Å². The first-order chi connectivity index (χ1) is 19.3. The summed E-state index contributed by atoms with van der Waals surface area (Å²) in [6.45, 7) is 6.41. The Balaban J connectivity index is 1.77. The molecule has 7 nitrogen and oxygen atoms in total. The first-order valence-corrected chi connectivity index (χ1v) is 14.3. The summed E-state index contributed by atoms with van der Waals surface area (Å²) < 4.78 is 41.3. The number of halogens is 5. The average Bonchev–Trinajstić information content (AvgIpc) is 3.39. The second-order valence-electron chi connectivity index (χ2n) is 9.71. The van der Waals surface area contributed by atoms with Crippen molar-refractivity contribution in [1.29, 1.82) is 0 Å². The van der Waals surface area contributed by atoms with Crippen LogP contribution in [0.25, 0.3) is 16.6 Å². The van der Waals surface area contributed by atoms with Crippen LogP contribution in [0.4, 0.5) is 18.9 Å². The maximum atomic E-state index is 13.6. The highest BCUT2D eigenvalue weighted by Crippen LogP contribution is 2.36. The Bertz CT molecular complexity index is 1610. The van der Waals surface area contributed by atoms with Crippen LogP contribution >= 0.6 is 35.0 Å². The zero-order chi connectivity index (χ0) is 29.9. The first-order valence-electron chi connectivity index (χ1n) is 12.6. The molecule has 0 saturated carbocycles. The summed E-state index contributed by atoms with van der Waals surface area (Å²) in [5, 5.41) is 10.2. The molecule has 0 bridgehead atoms. The van der Waals surface area contributed by atoms with Crippen molar-refractivity contribution in [2.75, 3.05) is 17.6 Å². The largest absolute Gasteiger partial charge is 0.435 e. The Labute approximate surface area is 248 Å². The molecule has 0 unspecified atom stereocenters. The van der Waals surface area contributed by atoms with Gasteiger partial charge in [0.2, 0.25) is 0 Å². The van der Waals surface area contributed by atoms with Crippen molar-refractivity contribution < 1.29 is 22.8 Å². The van der Waals surface area contributed by atoms with Crippen LogP contribution in [-0.2, 0) is 6.18 Å². The minimum Gasteiger partial charge on any atom is -0.351 e. The highest BCUT2D eigenvalue weighted by Gasteiger charge is 2.37. The summed E-state index contributed by atoms with van der Waals surface area (Å²) in [5.74, 6) is -0.765. The zero-order valence-corrected chi connectivity index (χ0v) is 24.6. The topological polar surface area (TPSA) is 88.9 Å². The molecule has 2 N–H and O–H groups in total. The third-order valence-corrected chi connectivity index (χ3v) is 8.24. The van der Waals surface area contributed by atoms with E-state index in [9.17, 15) is 22.8 Å². The fraction of sp³-hybridized carbons (Fsp3) is 0.286. The van der Waals surface area contributed by atoms with Gasteiger partial charge in [-0.3, -0.25) is 9.59 Å². The molecule has 0 saturated heterocycles. The average molecular weight is 625 g/mol. The molecule has 4 aromatic rings. The van der Waals surface area contributed by atoms with Crippen LogP contribution in [0.5, 0.6) is 0 Å². The van der Waals surface area contributed by atoms with Gasteiger partial charge in [0.1, 0.15) is 5.69 Å². The molecule has 13 heteroatoms. The standard InChI is InChI=1S/C28H26Cl2F3N5O2S/c1-4-12-41-27(2,3)15-35-25(39)18-13-16-8-5-6-9-17(16)22(30)23(18)36-26(40)20-14-21(28(31,32)33)37-38(20)24-19(29)10-7-11-34-24/h5-11,13-14H,4,12,15H2,1-3H3,(H,35,39)(H,36,40). The molecule has 4 rings (SSSR count). The van der Waals surface area contributed by atoms with Gasteiger partial charge in [0, 0.05) is 28.9 Å². The van der Waals surface area contributed by atoms with Gasteiger partial charge in [-0.15, -0.1) is 0 Å². The van der Waals surface area contributed by atoms with Gasteiger partial charge in [-0.05, 0) is 49.6 Å². The minimum absolute atomic E-state index is 0.0225. The molecule has 2 aromatic heterocycles. The molecule has 0 aliphatic rings. The summed E-state index contributed by atoms with van der Waals surface area (Å²) in [5.41, 5.74) is -1.83. The van der Waals surface area contributed by atoms with E-state index >= 15 is 0 Å². The van der Waals surface area contributed by atoms with E-state index in [-0.39, 0.29) is 31.9 Å². The normalized spacial score (nSPS) is 12.0. The predicted molar refractivity (Wildman–Crippen MR) is 157 cm³/mol. The molecule has 0 spiro atoms. The minimum atomic E-state index is -4.85. The molecule has 41 heavy (non-hydrogen) atoms. The Hall–Kier alpha value is -3.28. The van der Waals surface area contributed by atoms with Crippen molar-refractivity contribution in [3.05, 3.63) is 81.7 Å². The second kappa shape index (κ2) is 12.3. The Morgan fingerprint density at radius 2 is 1.78 bits per heavy atom. The maximum Gasteiger partial charge on any atom is 0.435 e. The van der Waals surface area contributed by atoms with Crippen molar-refractivity contribution in [2.24, 2.45) is 0 Å². The van der Waals surface area contributed by atoms with Gasteiger partial charge in [-0.2, -0.15) is 30.0 Å². The molecule has 0 atom stereocenters. The smallest absolute Gasteiger partial charge is 0.351 e. The van der Waals surface area contributed by atoms with Crippen LogP contribution in [0.2, 0.25) is 10.0 Å². The quantitative estimate of drug-likeness (QED) is 0.200. The fourth-order valence-corrected chi connectivity index (χ4v) is 5.43. The maximum absolute atomic E-state index is 13.6. The lowest BCUT2D eigenvalue weighted by molar-refractivity contribution is -0.141. The van der Waals surface area contributed by atoms with Gasteiger partial charge in [-0.25, -0.2) is 9.67 Å². The number of nitrogens with one attached hydrogen (secondary N) is 2. The van der Waals surface area contributed by atoms with E-state index in [1.807, 2.05) is 13.8 Å². The Kier molecular flexibility index (Phi) is 9.20. The lowest BCUT2D eigenvalue weighted by atomic mass is 10.0. The lowest BCUT2D eigenvalue weighted by Gasteiger charge is -2.25. The molecule has 2 heterocycles. The summed E-state index contributed by atoms with van der Waals surface area (Å²) in [6.07, 6.45) is -2.56. The number of alkyl halides is 3. The van der Waals surface area contributed by atoms with Gasteiger partial charge in [0.15, 0.2) is 11.5 Å². The van der Waals surface area contributed by atoms with E-state index in [1.165, 1.54) is 18.3 Å². The number of benzene rings is 2. The second-order valence-corrected chi connectivity index (χ2v) is 12.3. The van der Waals surface area contributed by atoms with Crippen LogP contribution in [0.15, 0.2) is 54.7 Å². The molecule has 216 valence electrons. The number of carbonyl (C=O) groups is 2. The van der Waals surface area contributed by atoms with Gasteiger partial charge in [0.05, 0.1) is 21.3 Å². The van der Waals surface area contributed by atoms with E-state index in [0.717, 1.165) is 12.2 Å². The molecule has 0 aliphatic heterocycles. The first kappa shape index (κ1) is 30.7. The van der Waals surface area contributed by atoms with Crippen LogP contribution in [0, 0.1) is 0 Å². The van der Waals surface area contributed by atoms with Crippen LogP contribution in [0.3, 0.4) is 0 Å². The van der Waals surface area contributed by atoms with E-state index in [1.54, 1.807) is 42.1 Å². The summed E-state index contributed by atoms with van der Waals surface area (Å²) in [7, 11) is 0.